The van der Waals surface area contributed by atoms with Crippen LogP contribution in [0.25, 0.3) is 0 Å². The first kappa shape index (κ1) is 11.6. The molecule has 15 heavy (non-hydrogen) atoms. The molecule has 0 unspecified atom stereocenters. The maximum absolute atomic E-state index is 11.3. The zero-order valence-corrected chi connectivity index (χ0v) is 9.08. The lowest BCUT2D eigenvalue weighted by atomic mass is 10.1. The highest BCUT2D eigenvalue weighted by atomic mass is 32.1. The lowest BCUT2D eigenvalue weighted by Crippen LogP contribution is -2.13. The van der Waals surface area contributed by atoms with Crippen LogP contribution >= 0.6 is 12.8 Å². The van der Waals surface area contributed by atoms with Gasteiger partial charge in [0.2, 0.25) is 0 Å². The fourth-order valence-corrected chi connectivity index (χ4v) is 1.20. The first-order valence-electron chi connectivity index (χ1n) is 4.40. The number of nitrogens with one attached hydrogen (secondary N) is 1. The van der Waals surface area contributed by atoms with Gasteiger partial charge in [-0.25, -0.2) is 4.79 Å². The summed E-state index contributed by atoms with van der Waals surface area (Å²) < 4.78 is 6.99. The van der Waals surface area contributed by atoms with Crippen LogP contribution in [-0.2, 0) is 4.74 Å². The Bertz CT molecular complexity index is 379. The molecule has 1 aromatic rings. The van der Waals surface area contributed by atoms with Crippen molar-refractivity contribution in [2.45, 2.75) is 6.92 Å². The minimum Gasteiger partial charge on any atom is -0.462 e. The first-order chi connectivity index (χ1) is 7.19. The normalized spacial score (nSPS) is 9.47. The molecule has 0 radical (unpaired) electrons. The third-order valence-electron chi connectivity index (χ3n) is 1.74. The van der Waals surface area contributed by atoms with Gasteiger partial charge in [-0.15, -0.1) is 0 Å². The summed E-state index contributed by atoms with van der Waals surface area (Å²) in [6, 6.07) is 6.26. The van der Waals surface area contributed by atoms with Crippen LogP contribution in [0.1, 0.15) is 27.6 Å². The SMILES string of the molecule is CCOC(=O)c1cccc(C(=O)NS)c1. The van der Waals surface area contributed by atoms with Crippen molar-refractivity contribution in [3.8, 4) is 0 Å². The van der Waals surface area contributed by atoms with Gasteiger partial charge in [-0.3, -0.25) is 9.52 Å². The number of thiol groups is 1. The summed E-state index contributed by atoms with van der Waals surface area (Å²) >= 11 is 3.64. The van der Waals surface area contributed by atoms with Crippen molar-refractivity contribution < 1.29 is 14.3 Å². The third-order valence-corrected chi connectivity index (χ3v) is 1.94. The molecule has 0 aliphatic carbocycles. The number of carbonyl (C=O) groups is 2. The van der Waals surface area contributed by atoms with Crippen molar-refractivity contribution in [1.29, 1.82) is 0 Å². The molecule has 1 N–H and O–H groups in total. The number of esters is 1. The van der Waals surface area contributed by atoms with Gasteiger partial charge in [0.1, 0.15) is 0 Å². The lowest BCUT2D eigenvalue weighted by Gasteiger charge is -2.03. The largest absolute Gasteiger partial charge is 0.462 e. The average molecular weight is 225 g/mol. The van der Waals surface area contributed by atoms with Crippen LogP contribution in [0.3, 0.4) is 0 Å². The molecule has 1 aromatic carbocycles. The summed E-state index contributed by atoms with van der Waals surface area (Å²) in [5.74, 6) is -0.796. The Kier molecular flexibility index (Phi) is 4.17. The van der Waals surface area contributed by atoms with Gasteiger partial charge in [0.25, 0.3) is 5.91 Å². The van der Waals surface area contributed by atoms with Crippen LogP contribution in [-0.4, -0.2) is 18.5 Å². The highest BCUT2D eigenvalue weighted by molar-refractivity contribution is 7.78. The average Bonchev–Trinajstić information content (AvgIpc) is 2.28. The predicted octanol–water partition coefficient (Wildman–Crippen LogP) is 1.44. The van der Waals surface area contributed by atoms with Gasteiger partial charge < -0.3 is 4.74 Å². The maximum atomic E-state index is 11.3. The molecule has 0 aliphatic rings. The number of hydrogen-bond acceptors (Lipinski definition) is 4. The van der Waals surface area contributed by atoms with Crippen LogP contribution < -0.4 is 4.72 Å². The summed E-state index contributed by atoms with van der Waals surface area (Å²) in [5, 5.41) is 0. The van der Waals surface area contributed by atoms with Crippen molar-refractivity contribution in [2.75, 3.05) is 6.61 Å². The molecule has 1 rings (SSSR count). The summed E-state index contributed by atoms with van der Waals surface area (Å²) in [7, 11) is 0. The summed E-state index contributed by atoms with van der Waals surface area (Å²) in [6.45, 7) is 2.03. The van der Waals surface area contributed by atoms with Gasteiger partial charge in [-0.05, 0) is 25.1 Å². The van der Waals surface area contributed by atoms with Crippen LogP contribution in [0.2, 0.25) is 0 Å². The van der Waals surface area contributed by atoms with Gasteiger partial charge in [-0.2, -0.15) is 0 Å². The minimum atomic E-state index is -0.439. The van der Waals surface area contributed by atoms with E-state index >= 15 is 0 Å². The first-order valence-corrected chi connectivity index (χ1v) is 4.85. The molecule has 5 heteroatoms. The second-order valence-corrected chi connectivity index (χ2v) is 2.97. The second kappa shape index (κ2) is 5.41. The minimum absolute atomic E-state index is 0.307. The van der Waals surface area contributed by atoms with Crippen molar-refractivity contribution in [3.05, 3.63) is 35.4 Å². The Morgan fingerprint density at radius 1 is 1.40 bits per heavy atom. The van der Waals surface area contributed by atoms with Crippen LogP contribution in [0, 0.1) is 0 Å². The Hall–Kier alpha value is -1.49. The Labute approximate surface area is 93.2 Å². The van der Waals surface area contributed by atoms with Crippen LogP contribution in [0.5, 0.6) is 0 Å². The van der Waals surface area contributed by atoms with E-state index in [0.29, 0.717) is 17.7 Å². The van der Waals surface area contributed by atoms with Gasteiger partial charge in [0, 0.05) is 5.56 Å². The van der Waals surface area contributed by atoms with E-state index < -0.39 is 5.97 Å². The van der Waals surface area contributed by atoms with Gasteiger partial charge in [-0.1, -0.05) is 18.9 Å². The van der Waals surface area contributed by atoms with Crippen LogP contribution in [0.15, 0.2) is 24.3 Å². The van der Waals surface area contributed by atoms with E-state index in [2.05, 4.69) is 17.5 Å². The molecule has 1 amide bonds. The molecule has 0 bridgehead atoms. The second-order valence-electron chi connectivity index (χ2n) is 2.74. The smallest absolute Gasteiger partial charge is 0.338 e. The van der Waals surface area contributed by atoms with E-state index in [1.54, 1.807) is 25.1 Å². The Balaban J connectivity index is 2.92. The number of rotatable bonds is 3. The predicted molar refractivity (Wildman–Crippen MR) is 58.9 cm³/mol. The number of ether oxygens (including phenoxy) is 1. The maximum Gasteiger partial charge on any atom is 0.338 e. The van der Waals surface area contributed by atoms with E-state index in [-0.39, 0.29) is 5.91 Å². The van der Waals surface area contributed by atoms with Crippen molar-refractivity contribution in [3.63, 3.8) is 0 Å². The number of hydrogen-bond donors (Lipinski definition) is 2. The highest BCUT2D eigenvalue weighted by Gasteiger charge is 2.09. The van der Waals surface area contributed by atoms with Crippen molar-refractivity contribution in [2.24, 2.45) is 0 Å². The zero-order chi connectivity index (χ0) is 11.3. The monoisotopic (exact) mass is 225 g/mol. The molecule has 0 aromatic heterocycles. The molecule has 0 saturated carbocycles. The van der Waals surface area contributed by atoms with Gasteiger partial charge in [0.15, 0.2) is 0 Å². The number of benzene rings is 1. The van der Waals surface area contributed by atoms with E-state index in [9.17, 15) is 9.59 Å². The van der Waals surface area contributed by atoms with E-state index in [4.69, 9.17) is 4.74 Å². The van der Waals surface area contributed by atoms with Crippen molar-refractivity contribution >= 4 is 24.7 Å². The topological polar surface area (TPSA) is 55.4 Å². The fraction of sp³-hybridized carbons (Fsp3) is 0.200. The molecule has 0 spiro atoms. The van der Waals surface area contributed by atoms with Crippen LogP contribution in [0.4, 0.5) is 0 Å². The Morgan fingerprint density at radius 2 is 2.07 bits per heavy atom. The molecule has 80 valence electrons. The quantitative estimate of drug-likeness (QED) is 0.604. The van der Waals surface area contributed by atoms with E-state index in [1.165, 1.54) is 6.07 Å². The summed E-state index contributed by atoms with van der Waals surface area (Å²) in [4.78, 5) is 22.5. The fourth-order valence-electron chi connectivity index (χ4n) is 1.07. The molecular weight excluding hydrogens is 214 g/mol. The molecule has 0 fully saturated rings. The van der Waals surface area contributed by atoms with E-state index in [1.807, 2.05) is 0 Å². The third kappa shape index (κ3) is 2.99. The Morgan fingerprint density at radius 3 is 2.67 bits per heavy atom. The highest BCUT2D eigenvalue weighted by Crippen LogP contribution is 2.07. The molecule has 4 nitrogen and oxygen atoms in total. The number of amides is 1. The standard InChI is InChI=1S/C10H11NO3S/c1-2-14-10(13)8-5-3-4-7(6-8)9(12)11-15/h3-6,15H,2H2,1H3,(H,11,12). The molecule has 0 atom stereocenters. The molecule has 0 aliphatic heterocycles. The molecule has 0 saturated heterocycles. The summed E-state index contributed by atoms with van der Waals surface area (Å²) in [6.07, 6.45) is 0. The van der Waals surface area contributed by atoms with Gasteiger partial charge >= 0.3 is 5.97 Å². The lowest BCUT2D eigenvalue weighted by molar-refractivity contribution is 0.0526. The van der Waals surface area contributed by atoms with Crippen molar-refractivity contribution in [1.82, 2.24) is 4.72 Å². The van der Waals surface area contributed by atoms with E-state index in [0.717, 1.165) is 0 Å². The zero-order valence-electron chi connectivity index (χ0n) is 8.19. The van der Waals surface area contributed by atoms with Gasteiger partial charge in [0.05, 0.1) is 12.2 Å². The summed E-state index contributed by atoms with van der Waals surface area (Å²) in [5.41, 5.74) is 0.724. The number of carbonyl (C=O) groups excluding carboxylic acids is 2. The molecule has 0 heterocycles. The molecular formula is C10H11NO3S.